The first-order valence-electron chi connectivity index (χ1n) is 7.55. The average molecular weight is 351 g/mol. The van der Waals surface area contributed by atoms with Gasteiger partial charge in [-0.15, -0.1) is 0 Å². The van der Waals surface area contributed by atoms with Crippen molar-refractivity contribution in [2.45, 2.75) is 0 Å². The van der Waals surface area contributed by atoms with Crippen LogP contribution in [0.25, 0.3) is 22.4 Å². The van der Waals surface area contributed by atoms with Crippen LogP contribution in [0.4, 0.5) is 0 Å². The Morgan fingerprint density at radius 3 is 1.88 bits per heavy atom. The molecular weight excluding hydrogens is 336 g/mol. The summed E-state index contributed by atoms with van der Waals surface area (Å²) in [5.74, 6) is 1.52. The minimum atomic E-state index is 0.186. The lowest BCUT2D eigenvalue weighted by Gasteiger charge is -2.12. The highest BCUT2D eigenvalue weighted by atomic mass is 35.5. The maximum Gasteiger partial charge on any atom is 0.147 e. The monoisotopic (exact) mass is 350 g/mol. The van der Waals surface area contributed by atoms with Gasteiger partial charge in [-0.25, -0.2) is 4.98 Å². The third kappa shape index (κ3) is 3.42. The van der Waals surface area contributed by atoms with Gasteiger partial charge in [0.1, 0.15) is 22.7 Å². The molecule has 0 aliphatic carbocycles. The summed E-state index contributed by atoms with van der Waals surface area (Å²) in [4.78, 5) is 4.46. The molecule has 1 aromatic heterocycles. The number of pyridine rings is 1. The zero-order valence-corrected chi connectivity index (χ0v) is 14.5. The summed E-state index contributed by atoms with van der Waals surface area (Å²) in [5.41, 5.74) is 3.68. The van der Waals surface area contributed by atoms with Crippen LogP contribution in [0.2, 0.25) is 5.15 Å². The molecular formula is C20H15ClN2O2. The van der Waals surface area contributed by atoms with E-state index < -0.39 is 0 Å². The molecule has 4 nitrogen and oxygen atoms in total. The van der Waals surface area contributed by atoms with Gasteiger partial charge in [-0.1, -0.05) is 23.7 Å². The number of ether oxygens (including phenoxy) is 2. The van der Waals surface area contributed by atoms with Gasteiger partial charge in [-0.05, 0) is 48.0 Å². The van der Waals surface area contributed by atoms with E-state index in [2.05, 4.69) is 11.1 Å². The fourth-order valence-corrected chi connectivity index (χ4v) is 2.71. The lowest BCUT2D eigenvalue weighted by atomic mass is 9.98. The summed E-state index contributed by atoms with van der Waals surface area (Å²) in [6, 6.07) is 19.0. The molecule has 0 unspecified atom stereocenters. The van der Waals surface area contributed by atoms with Gasteiger partial charge < -0.3 is 9.47 Å². The normalized spacial score (nSPS) is 10.2. The van der Waals surface area contributed by atoms with E-state index >= 15 is 0 Å². The van der Waals surface area contributed by atoms with Crippen molar-refractivity contribution in [3.05, 3.63) is 65.3 Å². The molecule has 1 heterocycles. The van der Waals surface area contributed by atoms with Crippen LogP contribution in [-0.2, 0) is 0 Å². The lowest BCUT2D eigenvalue weighted by molar-refractivity contribution is 0.414. The fraction of sp³-hybridized carbons (Fsp3) is 0.100. The van der Waals surface area contributed by atoms with Gasteiger partial charge >= 0.3 is 0 Å². The van der Waals surface area contributed by atoms with Crippen LogP contribution in [0.1, 0.15) is 5.56 Å². The van der Waals surface area contributed by atoms with Gasteiger partial charge in [0.25, 0.3) is 0 Å². The van der Waals surface area contributed by atoms with E-state index in [-0.39, 0.29) is 5.15 Å². The van der Waals surface area contributed by atoms with Crippen LogP contribution in [0.5, 0.6) is 11.5 Å². The van der Waals surface area contributed by atoms with Crippen molar-refractivity contribution in [2.24, 2.45) is 0 Å². The zero-order valence-electron chi connectivity index (χ0n) is 13.8. The van der Waals surface area contributed by atoms with E-state index in [1.54, 1.807) is 20.3 Å². The Morgan fingerprint density at radius 1 is 0.880 bits per heavy atom. The topological polar surface area (TPSA) is 55.1 Å². The highest BCUT2D eigenvalue weighted by Gasteiger charge is 2.14. The number of hydrogen-bond donors (Lipinski definition) is 0. The maximum absolute atomic E-state index is 9.29. The van der Waals surface area contributed by atoms with Crippen LogP contribution in [0.15, 0.2) is 54.6 Å². The first kappa shape index (κ1) is 16.8. The number of nitrogens with zero attached hydrogens (tertiary/aromatic N) is 2. The Kier molecular flexibility index (Phi) is 4.87. The molecule has 0 N–H and O–H groups in total. The second-order valence-electron chi connectivity index (χ2n) is 5.29. The number of hydrogen-bond acceptors (Lipinski definition) is 4. The molecule has 124 valence electrons. The quantitative estimate of drug-likeness (QED) is 0.624. The predicted molar refractivity (Wildman–Crippen MR) is 97.9 cm³/mol. The molecule has 0 aliphatic heterocycles. The number of benzene rings is 2. The van der Waals surface area contributed by atoms with Gasteiger partial charge in [-0.3, -0.25) is 0 Å². The average Bonchev–Trinajstić information content (AvgIpc) is 2.68. The van der Waals surface area contributed by atoms with Crippen molar-refractivity contribution in [3.63, 3.8) is 0 Å². The van der Waals surface area contributed by atoms with Crippen molar-refractivity contribution in [1.82, 2.24) is 4.98 Å². The first-order chi connectivity index (χ1) is 12.2. The number of halogens is 1. The Balaban J connectivity index is 2.18. The van der Waals surface area contributed by atoms with Crippen LogP contribution in [0.3, 0.4) is 0 Å². The highest BCUT2D eigenvalue weighted by molar-refractivity contribution is 6.30. The van der Waals surface area contributed by atoms with E-state index in [0.29, 0.717) is 11.3 Å². The van der Waals surface area contributed by atoms with Gasteiger partial charge in [0.05, 0.1) is 25.5 Å². The van der Waals surface area contributed by atoms with E-state index in [4.69, 9.17) is 21.1 Å². The molecule has 0 atom stereocenters. The van der Waals surface area contributed by atoms with Gasteiger partial charge in [0, 0.05) is 11.1 Å². The molecule has 0 spiro atoms. The summed E-state index contributed by atoms with van der Waals surface area (Å²) >= 11 is 6.17. The second kappa shape index (κ2) is 7.25. The molecule has 0 fully saturated rings. The molecule has 2 aromatic carbocycles. The summed E-state index contributed by atoms with van der Waals surface area (Å²) in [5, 5.41) is 9.48. The van der Waals surface area contributed by atoms with Gasteiger partial charge in [-0.2, -0.15) is 5.26 Å². The third-order valence-corrected chi connectivity index (χ3v) is 4.15. The summed E-state index contributed by atoms with van der Waals surface area (Å²) in [6.07, 6.45) is 0. The summed E-state index contributed by atoms with van der Waals surface area (Å²) in [7, 11) is 3.24. The first-order valence-corrected chi connectivity index (χ1v) is 7.93. The SMILES string of the molecule is COc1ccc(-c2cc(C#N)c(Cl)nc2-c2ccc(OC)cc2)cc1. The number of methoxy groups -OCH3 is 2. The van der Waals surface area contributed by atoms with Crippen molar-refractivity contribution < 1.29 is 9.47 Å². The number of aromatic nitrogens is 1. The van der Waals surface area contributed by atoms with Gasteiger partial charge in [0.15, 0.2) is 0 Å². The number of rotatable bonds is 4. The maximum atomic E-state index is 9.29. The molecule has 3 aromatic rings. The lowest BCUT2D eigenvalue weighted by Crippen LogP contribution is -1.94. The Hall–Kier alpha value is -3.03. The highest BCUT2D eigenvalue weighted by Crippen LogP contribution is 2.35. The number of nitriles is 1. The Bertz CT molecular complexity index is 930. The third-order valence-electron chi connectivity index (χ3n) is 3.86. The molecule has 0 amide bonds. The minimum absolute atomic E-state index is 0.186. The largest absolute Gasteiger partial charge is 0.497 e. The Labute approximate surface area is 151 Å². The van der Waals surface area contributed by atoms with E-state index in [9.17, 15) is 5.26 Å². The molecule has 0 saturated carbocycles. The van der Waals surface area contributed by atoms with E-state index in [1.165, 1.54) is 0 Å². The minimum Gasteiger partial charge on any atom is -0.497 e. The molecule has 0 aliphatic rings. The molecule has 0 radical (unpaired) electrons. The van der Waals surface area contributed by atoms with E-state index in [1.807, 2.05) is 48.5 Å². The summed E-state index contributed by atoms with van der Waals surface area (Å²) in [6.45, 7) is 0. The molecule has 5 heteroatoms. The van der Waals surface area contributed by atoms with Crippen LogP contribution >= 0.6 is 11.6 Å². The standard InChI is InChI=1S/C20H15ClN2O2/c1-24-16-7-3-13(4-8-16)18-11-15(12-22)20(21)23-19(18)14-5-9-17(25-2)10-6-14/h3-11H,1-2H3. The smallest absolute Gasteiger partial charge is 0.147 e. The van der Waals surface area contributed by atoms with Crippen molar-refractivity contribution in [3.8, 4) is 40.0 Å². The van der Waals surface area contributed by atoms with Crippen LogP contribution < -0.4 is 9.47 Å². The molecule has 3 rings (SSSR count). The molecule has 0 saturated heterocycles. The van der Waals surface area contributed by atoms with Crippen molar-refractivity contribution in [1.29, 1.82) is 5.26 Å². The van der Waals surface area contributed by atoms with Crippen LogP contribution in [0, 0.1) is 11.3 Å². The molecule has 0 bridgehead atoms. The van der Waals surface area contributed by atoms with Gasteiger partial charge in [0.2, 0.25) is 0 Å². The van der Waals surface area contributed by atoms with Crippen molar-refractivity contribution >= 4 is 11.6 Å². The van der Waals surface area contributed by atoms with E-state index in [0.717, 1.165) is 28.2 Å². The predicted octanol–water partition coefficient (Wildman–Crippen LogP) is 4.96. The molecule has 25 heavy (non-hydrogen) atoms. The zero-order chi connectivity index (χ0) is 17.8. The summed E-state index contributed by atoms with van der Waals surface area (Å²) < 4.78 is 10.4. The van der Waals surface area contributed by atoms with Crippen molar-refractivity contribution in [2.75, 3.05) is 14.2 Å². The van der Waals surface area contributed by atoms with Crippen LogP contribution in [-0.4, -0.2) is 19.2 Å². The second-order valence-corrected chi connectivity index (χ2v) is 5.65. The fourth-order valence-electron chi connectivity index (χ4n) is 2.53. The Morgan fingerprint density at radius 2 is 1.40 bits per heavy atom.